The van der Waals surface area contributed by atoms with Crippen molar-refractivity contribution in [2.75, 3.05) is 19.6 Å². The molecule has 0 bridgehead atoms. The number of piperazine rings is 1. The molecule has 0 unspecified atom stereocenters. The van der Waals surface area contributed by atoms with Crippen molar-refractivity contribution in [1.82, 2.24) is 14.2 Å². The van der Waals surface area contributed by atoms with Gasteiger partial charge in [-0.2, -0.15) is 4.31 Å². The summed E-state index contributed by atoms with van der Waals surface area (Å²) in [7, 11) is -3.67. The summed E-state index contributed by atoms with van der Waals surface area (Å²) in [6, 6.07) is 1.23. The third kappa shape index (κ3) is 2.34. The lowest BCUT2D eigenvalue weighted by molar-refractivity contribution is 0.117. The summed E-state index contributed by atoms with van der Waals surface area (Å²) < 4.78 is 40.0. The first-order valence-electron chi connectivity index (χ1n) is 6.85. The summed E-state index contributed by atoms with van der Waals surface area (Å²) in [5.41, 5.74) is 0. The van der Waals surface area contributed by atoms with Crippen molar-refractivity contribution < 1.29 is 12.8 Å². The molecule has 2 saturated heterocycles. The van der Waals surface area contributed by atoms with Crippen LogP contribution in [0.4, 0.5) is 4.39 Å². The second-order valence-corrected chi connectivity index (χ2v) is 7.44. The van der Waals surface area contributed by atoms with Crippen LogP contribution in [0.2, 0.25) is 0 Å². The molecule has 0 amide bonds. The van der Waals surface area contributed by atoms with Gasteiger partial charge in [-0.25, -0.2) is 12.8 Å². The Bertz CT molecular complexity index is 607. The van der Waals surface area contributed by atoms with Crippen LogP contribution in [0.25, 0.3) is 0 Å². The topological polar surface area (TPSA) is 53.5 Å². The minimum Gasteiger partial charge on any atom is -0.297 e. The molecule has 0 spiro atoms. The van der Waals surface area contributed by atoms with E-state index in [1.54, 1.807) is 0 Å². The van der Waals surface area contributed by atoms with Crippen molar-refractivity contribution >= 4 is 10.0 Å². The van der Waals surface area contributed by atoms with Gasteiger partial charge >= 0.3 is 0 Å². The smallest absolute Gasteiger partial charge is 0.245 e. The molecular formula is C13H18FN3O2S. The zero-order chi connectivity index (χ0) is 14.3. The fourth-order valence-corrected chi connectivity index (χ4v) is 4.80. The fraction of sp³-hybridized carbons (Fsp3) is 0.615. The van der Waals surface area contributed by atoms with Crippen LogP contribution in [-0.2, 0) is 10.0 Å². The number of hydrogen-bond donors (Lipinski definition) is 0. The van der Waals surface area contributed by atoms with Gasteiger partial charge in [0.15, 0.2) is 0 Å². The van der Waals surface area contributed by atoms with E-state index in [4.69, 9.17) is 0 Å². The first kappa shape index (κ1) is 13.9. The van der Waals surface area contributed by atoms with Gasteiger partial charge in [0.05, 0.1) is 6.20 Å². The molecule has 1 aromatic heterocycles. The van der Waals surface area contributed by atoms with Crippen LogP contribution >= 0.6 is 0 Å². The Labute approximate surface area is 118 Å². The molecule has 7 heteroatoms. The maximum absolute atomic E-state index is 13.2. The molecule has 1 aromatic rings. The van der Waals surface area contributed by atoms with Crippen LogP contribution in [0.15, 0.2) is 23.4 Å². The lowest BCUT2D eigenvalue weighted by Gasteiger charge is -2.41. The van der Waals surface area contributed by atoms with Gasteiger partial charge in [-0.15, -0.1) is 0 Å². The molecule has 5 nitrogen and oxygen atoms in total. The Hall–Kier alpha value is -1.05. The predicted molar refractivity (Wildman–Crippen MR) is 72.1 cm³/mol. The Balaban J connectivity index is 1.90. The van der Waals surface area contributed by atoms with Crippen LogP contribution in [-0.4, -0.2) is 54.3 Å². The second-order valence-electron chi connectivity index (χ2n) is 5.55. The minimum absolute atomic E-state index is 0.0594. The maximum atomic E-state index is 13.2. The van der Waals surface area contributed by atoms with Crippen LogP contribution in [0.1, 0.15) is 19.8 Å². The van der Waals surface area contributed by atoms with E-state index in [9.17, 15) is 12.8 Å². The van der Waals surface area contributed by atoms with E-state index in [1.165, 1.54) is 10.5 Å². The molecule has 2 aliphatic heterocycles. The van der Waals surface area contributed by atoms with Crippen LogP contribution in [0, 0.1) is 5.82 Å². The van der Waals surface area contributed by atoms with Crippen LogP contribution < -0.4 is 0 Å². The Morgan fingerprint density at radius 3 is 2.90 bits per heavy atom. The van der Waals surface area contributed by atoms with Crippen LogP contribution in [0.3, 0.4) is 0 Å². The van der Waals surface area contributed by atoms with E-state index in [1.807, 2.05) is 6.92 Å². The van der Waals surface area contributed by atoms with Crippen molar-refractivity contribution in [3.63, 3.8) is 0 Å². The van der Waals surface area contributed by atoms with Gasteiger partial charge in [0, 0.05) is 31.4 Å². The fourth-order valence-electron chi connectivity index (χ4n) is 3.16. The van der Waals surface area contributed by atoms with Gasteiger partial charge < -0.3 is 0 Å². The van der Waals surface area contributed by atoms with Gasteiger partial charge in [0.25, 0.3) is 0 Å². The lowest BCUT2D eigenvalue weighted by atomic mass is 10.1. The van der Waals surface area contributed by atoms with Crippen molar-refractivity contribution in [3.05, 3.63) is 24.3 Å². The second kappa shape index (κ2) is 5.05. The summed E-state index contributed by atoms with van der Waals surface area (Å²) in [4.78, 5) is 5.93. The number of pyridine rings is 1. The van der Waals surface area contributed by atoms with E-state index < -0.39 is 15.8 Å². The van der Waals surface area contributed by atoms with Gasteiger partial charge in [-0.1, -0.05) is 0 Å². The van der Waals surface area contributed by atoms with E-state index in [-0.39, 0.29) is 10.9 Å². The number of rotatable bonds is 2. The summed E-state index contributed by atoms with van der Waals surface area (Å²) >= 11 is 0. The average Bonchev–Trinajstić information content (AvgIpc) is 2.84. The highest BCUT2D eigenvalue weighted by Crippen LogP contribution is 2.28. The summed E-state index contributed by atoms with van der Waals surface area (Å²) in [6.07, 6.45) is 4.37. The zero-order valence-corrected chi connectivity index (χ0v) is 12.2. The van der Waals surface area contributed by atoms with Crippen molar-refractivity contribution in [3.8, 4) is 0 Å². The van der Waals surface area contributed by atoms with Gasteiger partial charge in [-0.3, -0.25) is 9.88 Å². The Morgan fingerprint density at radius 1 is 1.35 bits per heavy atom. The molecule has 0 aromatic carbocycles. The third-order valence-corrected chi connectivity index (χ3v) is 6.11. The molecule has 2 aliphatic rings. The highest BCUT2D eigenvalue weighted by molar-refractivity contribution is 7.89. The van der Waals surface area contributed by atoms with E-state index in [2.05, 4.69) is 9.88 Å². The monoisotopic (exact) mass is 299 g/mol. The summed E-state index contributed by atoms with van der Waals surface area (Å²) in [6.45, 7) is 4.18. The Morgan fingerprint density at radius 2 is 2.15 bits per heavy atom. The minimum atomic E-state index is -3.67. The molecule has 2 atom stereocenters. The molecule has 3 rings (SSSR count). The van der Waals surface area contributed by atoms with E-state index >= 15 is 0 Å². The number of nitrogens with zero attached hydrogens (tertiary/aromatic N) is 3. The summed E-state index contributed by atoms with van der Waals surface area (Å²) in [5, 5.41) is 0. The van der Waals surface area contributed by atoms with Gasteiger partial charge in [0.2, 0.25) is 10.0 Å². The number of aromatic nitrogens is 1. The maximum Gasteiger partial charge on any atom is 0.245 e. The SMILES string of the molecule is C[C@H]1CN2CCC[C@H]2CN1S(=O)(=O)c1cncc(F)c1. The first-order chi connectivity index (χ1) is 9.48. The van der Waals surface area contributed by atoms with Crippen molar-refractivity contribution in [2.24, 2.45) is 0 Å². The molecule has 2 fully saturated rings. The quantitative estimate of drug-likeness (QED) is 0.820. The highest BCUT2D eigenvalue weighted by Gasteiger charge is 2.40. The van der Waals surface area contributed by atoms with E-state index in [0.717, 1.165) is 38.2 Å². The molecular weight excluding hydrogens is 281 g/mol. The van der Waals surface area contributed by atoms with E-state index in [0.29, 0.717) is 12.6 Å². The number of hydrogen-bond acceptors (Lipinski definition) is 4. The molecule has 110 valence electrons. The zero-order valence-electron chi connectivity index (χ0n) is 11.4. The largest absolute Gasteiger partial charge is 0.297 e. The molecule has 0 saturated carbocycles. The predicted octanol–water partition coefficient (Wildman–Crippen LogP) is 1.08. The number of halogens is 1. The standard InChI is InChI=1S/C13H18FN3O2S/c1-10-8-16-4-2-3-12(16)9-17(10)20(18,19)13-5-11(14)6-15-7-13/h5-7,10,12H,2-4,8-9H2,1H3/t10-,12-/m0/s1. The normalized spacial score (nSPS) is 28.5. The molecule has 0 N–H and O–H groups in total. The number of fused-ring (bicyclic) bond motifs is 1. The molecule has 20 heavy (non-hydrogen) atoms. The van der Waals surface area contributed by atoms with Crippen molar-refractivity contribution in [1.29, 1.82) is 0 Å². The number of sulfonamides is 1. The molecule has 0 aliphatic carbocycles. The molecule has 0 radical (unpaired) electrons. The van der Waals surface area contributed by atoms with Gasteiger partial charge in [0.1, 0.15) is 10.7 Å². The molecule has 3 heterocycles. The lowest BCUT2D eigenvalue weighted by Crippen LogP contribution is -2.56. The third-order valence-electron chi connectivity index (χ3n) is 4.17. The van der Waals surface area contributed by atoms with Gasteiger partial charge in [-0.05, 0) is 32.4 Å². The van der Waals surface area contributed by atoms with Crippen LogP contribution in [0.5, 0.6) is 0 Å². The average molecular weight is 299 g/mol. The first-order valence-corrected chi connectivity index (χ1v) is 8.29. The highest BCUT2D eigenvalue weighted by atomic mass is 32.2. The summed E-state index contributed by atoms with van der Waals surface area (Å²) in [5.74, 6) is -0.627. The van der Waals surface area contributed by atoms with Crippen molar-refractivity contribution in [2.45, 2.75) is 36.7 Å². The Kier molecular flexibility index (Phi) is 3.51.